The van der Waals surface area contributed by atoms with Gasteiger partial charge in [-0.15, -0.1) is 11.6 Å². The van der Waals surface area contributed by atoms with Crippen molar-refractivity contribution in [2.24, 2.45) is 0 Å². The van der Waals surface area contributed by atoms with E-state index in [-0.39, 0.29) is 17.6 Å². The van der Waals surface area contributed by atoms with E-state index in [0.717, 1.165) is 0 Å². The zero-order valence-electron chi connectivity index (χ0n) is 7.38. The van der Waals surface area contributed by atoms with Crippen LogP contribution >= 0.6 is 27.5 Å². The summed E-state index contributed by atoms with van der Waals surface area (Å²) in [7, 11) is 0. The second-order valence-corrected chi connectivity index (χ2v) is 3.90. The molecule has 0 amide bonds. The minimum atomic E-state index is -0.362. The predicted octanol–water partition coefficient (Wildman–Crippen LogP) is 3.38. The number of nitrogens with zero attached hydrogens (tertiary/aromatic N) is 2. The molecule has 1 aromatic carbocycles. The second kappa shape index (κ2) is 4.28. The first-order chi connectivity index (χ1) is 7.20. The number of alkyl halides is 1. The Hall–Kier alpha value is -0.940. The molecule has 2 aromatic rings. The zero-order chi connectivity index (χ0) is 10.8. The van der Waals surface area contributed by atoms with E-state index in [0.29, 0.717) is 15.9 Å². The van der Waals surface area contributed by atoms with Crippen LogP contribution in [0.1, 0.15) is 5.82 Å². The number of benzene rings is 1. The minimum absolute atomic E-state index is 0.163. The molecule has 3 nitrogen and oxygen atoms in total. The molecule has 1 aromatic heterocycles. The first kappa shape index (κ1) is 10.6. The Balaban J connectivity index is 2.48. The van der Waals surface area contributed by atoms with Crippen LogP contribution in [0.2, 0.25) is 0 Å². The van der Waals surface area contributed by atoms with Gasteiger partial charge in [-0.2, -0.15) is 4.98 Å². The van der Waals surface area contributed by atoms with Crippen LogP contribution in [0, 0.1) is 5.82 Å². The maximum atomic E-state index is 13.0. The standard InChI is InChI=1S/C9H5BrClFN2O/c10-7-2-1-5(12)3-6(7)9-13-8(4-11)14-15-9/h1-3H,4H2. The first-order valence-corrected chi connectivity index (χ1v) is 5.37. The quantitative estimate of drug-likeness (QED) is 0.796. The summed E-state index contributed by atoms with van der Waals surface area (Å²) in [5, 5.41) is 3.62. The molecule has 78 valence electrons. The van der Waals surface area contributed by atoms with E-state index < -0.39 is 0 Å². The van der Waals surface area contributed by atoms with Crippen molar-refractivity contribution < 1.29 is 8.91 Å². The van der Waals surface area contributed by atoms with Gasteiger partial charge in [-0.05, 0) is 34.1 Å². The highest BCUT2D eigenvalue weighted by Gasteiger charge is 2.12. The maximum Gasteiger partial charge on any atom is 0.259 e. The molecule has 0 saturated heterocycles. The monoisotopic (exact) mass is 290 g/mol. The fraction of sp³-hybridized carbons (Fsp3) is 0.111. The number of rotatable bonds is 2. The Morgan fingerprint density at radius 3 is 2.93 bits per heavy atom. The third kappa shape index (κ3) is 2.18. The molecule has 0 spiro atoms. The maximum absolute atomic E-state index is 13.0. The van der Waals surface area contributed by atoms with Crippen LogP contribution in [0.4, 0.5) is 4.39 Å². The van der Waals surface area contributed by atoms with Gasteiger partial charge in [0.05, 0.1) is 11.4 Å². The highest BCUT2D eigenvalue weighted by atomic mass is 79.9. The highest BCUT2D eigenvalue weighted by Crippen LogP contribution is 2.27. The van der Waals surface area contributed by atoms with Crippen LogP contribution in [0.3, 0.4) is 0 Å². The number of aromatic nitrogens is 2. The van der Waals surface area contributed by atoms with E-state index in [1.165, 1.54) is 12.1 Å². The molecule has 0 atom stereocenters. The molecule has 0 radical (unpaired) electrons. The zero-order valence-corrected chi connectivity index (χ0v) is 9.72. The summed E-state index contributed by atoms with van der Waals surface area (Å²) in [6.45, 7) is 0. The Morgan fingerprint density at radius 1 is 1.47 bits per heavy atom. The number of hydrogen-bond acceptors (Lipinski definition) is 3. The normalized spacial score (nSPS) is 10.6. The Kier molecular flexibility index (Phi) is 3.02. The lowest BCUT2D eigenvalue weighted by molar-refractivity contribution is 0.424. The molecule has 1 heterocycles. The van der Waals surface area contributed by atoms with E-state index in [2.05, 4.69) is 26.1 Å². The summed E-state index contributed by atoms with van der Waals surface area (Å²) in [4.78, 5) is 3.99. The Morgan fingerprint density at radius 2 is 2.27 bits per heavy atom. The van der Waals surface area contributed by atoms with Crippen LogP contribution in [0.25, 0.3) is 11.5 Å². The first-order valence-electron chi connectivity index (χ1n) is 4.04. The van der Waals surface area contributed by atoms with E-state index in [1.807, 2.05) is 0 Å². The van der Waals surface area contributed by atoms with Gasteiger partial charge in [0.2, 0.25) is 0 Å². The molecule has 0 unspecified atom stereocenters. The van der Waals surface area contributed by atoms with Crippen LogP contribution < -0.4 is 0 Å². The molecule has 0 aliphatic heterocycles. The van der Waals surface area contributed by atoms with E-state index in [4.69, 9.17) is 16.1 Å². The lowest BCUT2D eigenvalue weighted by atomic mass is 10.2. The molecule has 6 heteroatoms. The summed E-state index contributed by atoms with van der Waals surface area (Å²) in [5.74, 6) is 0.426. The molecule has 0 aliphatic rings. The van der Waals surface area contributed by atoms with Gasteiger partial charge in [0, 0.05) is 4.47 Å². The summed E-state index contributed by atoms with van der Waals surface area (Å²) in [6.07, 6.45) is 0. The average molecular weight is 292 g/mol. The van der Waals surface area contributed by atoms with E-state index in [1.54, 1.807) is 6.07 Å². The van der Waals surface area contributed by atoms with Gasteiger partial charge in [0.1, 0.15) is 5.82 Å². The molecule has 2 rings (SSSR count). The van der Waals surface area contributed by atoms with Gasteiger partial charge >= 0.3 is 0 Å². The van der Waals surface area contributed by atoms with Crippen LogP contribution in [-0.4, -0.2) is 10.1 Å². The summed E-state index contributed by atoms with van der Waals surface area (Å²) in [5.41, 5.74) is 0.513. The van der Waals surface area contributed by atoms with E-state index in [9.17, 15) is 4.39 Å². The smallest absolute Gasteiger partial charge is 0.259 e. The molecule has 0 fully saturated rings. The van der Waals surface area contributed by atoms with Gasteiger partial charge in [0.15, 0.2) is 5.82 Å². The molecular formula is C9H5BrClFN2O. The number of hydrogen-bond donors (Lipinski definition) is 0. The largest absolute Gasteiger partial charge is 0.334 e. The summed E-state index contributed by atoms with van der Waals surface area (Å²) >= 11 is 8.80. The summed E-state index contributed by atoms with van der Waals surface area (Å²) < 4.78 is 18.6. The van der Waals surface area contributed by atoms with Crippen molar-refractivity contribution in [2.45, 2.75) is 5.88 Å². The lowest BCUT2D eigenvalue weighted by Gasteiger charge is -1.97. The van der Waals surface area contributed by atoms with Crippen LogP contribution in [-0.2, 0) is 5.88 Å². The molecule has 0 N–H and O–H groups in total. The third-order valence-electron chi connectivity index (χ3n) is 1.75. The van der Waals surface area contributed by atoms with Crippen molar-refractivity contribution in [3.05, 3.63) is 34.3 Å². The minimum Gasteiger partial charge on any atom is -0.334 e. The highest BCUT2D eigenvalue weighted by molar-refractivity contribution is 9.10. The average Bonchev–Trinajstić information content (AvgIpc) is 2.70. The second-order valence-electron chi connectivity index (χ2n) is 2.77. The fourth-order valence-corrected chi connectivity index (χ4v) is 1.60. The third-order valence-corrected chi connectivity index (χ3v) is 2.68. The molecular weight excluding hydrogens is 286 g/mol. The Bertz CT molecular complexity index is 489. The molecule has 15 heavy (non-hydrogen) atoms. The van der Waals surface area contributed by atoms with Crippen molar-refractivity contribution >= 4 is 27.5 Å². The van der Waals surface area contributed by atoms with Gasteiger partial charge in [-0.1, -0.05) is 5.16 Å². The van der Waals surface area contributed by atoms with Gasteiger partial charge in [-0.3, -0.25) is 0 Å². The van der Waals surface area contributed by atoms with Crippen molar-refractivity contribution in [3.63, 3.8) is 0 Å². The van der Waals surface area contributed by atoms with Crippen LogP contribution in [0.15, 0.2) is 27.2 Å². The predicted molar refractivity (Wildman–Crippen MR) is 56.9 cm³/mol. The van der Waals surface area contributed by atoms with Crippen molar-refractivity contribution in [3.8, 4) is 11.5 Å². The summed E-state index contributed by atoms with van der Waals surface area (Å²) in [6, 6.07) is 4.23. The molecule has 0 aliphatic carbocycles. The van der Waals surface area contributed by atoms with Crippen molar-refractivity contribution in [1.82, 2.24) is 10.1 Å². The van der Waals surface area contributed by atoms with Crippen molar-refractivity contribution in [2.75, 3.05) is 0 Å². The Labute approximate surface area is 98.4 Å². The fourth-order valence-electron chi connectivity index (χ4n) is 1.08. The number of halogens is 3. The van der Waals surface area contributed by atoms with Crippen LogP contribution in [0.5, 0.6) is 0 Å². The van der Waals surface area contributed by atoms with Gasteiger partial charge < -0.3 is 4.52 Å². The van der Waals surface area contributed by atoms with E-state index >= 15 is 0 Å². The van der Waals surface area contributed by atoms with Gasteiger partial charge in [-0.25, -0.2) is 4.39 Å². The molecule has 0 saturated carbocycles. The van der Waals surface area contributed by atoms with Gasteiger partial charge in [0.25, 0.3) is 5.89 Å². The lowest BCUT2D eigenvalue weighted by Crippen LogP contribution is -1.84. The molecule has 0 bridgehead atoms. The topological polar surface area (TPSA) is 38.9 Å². The van der Waals surface area contributed by atoms with Crippen molar-refractivity contribution in [1.29, 1.82) is 0 Å². The SMILES string of the molecule is Fc1ccc(Br)c(-c2nc(CCl)no2)c1.